The van der Waals surface area contributed by atoms with Crippen molar-refractivity contribution in [2.45, 2.75) is 58.7 Å². The monoisotopic (exact) mass is 278 g/mol. The van der Waals surface area contributed by atoms with Gasteiger partial charge in [-0.25, -0.2) is 4.98 Å². The SMILES string of the molecule is CNC(=O)C(C)(C)Cn1cncc1C1CCCC(C)N1. The van der Waals surface area contributed by atoms with Crippen LogP contribution in [0.1, 0.15) is 51.8 Å². The number of amides is 1. The minimum atomic E-state index is -0.440. The summed E-state index contributed by atoms with van der Waals surface area (Å²) in [6, 6.07) is 0.894. The Bertz CT molecular complexity index is 466. The number of piperidine rings is 1. The van der Waals surface area contributed by atoms with Crippen LogP contribution >= 0.6 is 0 Å². The van der Waals surface area contributed by atoms with Gasteiger partial charge in [0.1, 0.15) is 0 Å². The molecule has 112 valence electrons. The van der Waals surface area contributed by atoms with Crippen molar-refractivity contribution in [3.63, 3.8) is 0 Å². The Hall–Kier alpha value is -1.36. The molecule has 0 aromatic carbocycles. The molecular formula is C15H26N4O. The van der Waals surface area contributed by atoms with E-state index in [0.717, 1.165) is 6.42 Å². The Balaban J connectivity index is 2.14. The molecule has 1 aromatic heterocycles. The minimum absolute atomic E-state index is 0.0575. The Labute approximate surface area is 121 Å². The van der Waals surface area contributed by atoms with Gasteiger partial charge in [0.05, 0.1) is 17.4 Å². The highest BCUT2D eigenvalue weighted by atomic mass is 16.2. The van der Waals surface area contributed by atoms with Gasteiger partial charge in [-0.1, -0.05) is 0 Å². The predicted molar refractivity (Wildman–Crippen MR) is 79.3 cm³/mol. The lowest BCUT2D eigenvalue weighted by molar-refractivity contribution is -0.129. The number of hydrogen-bond acceptors (Lipinski definition) is 3. The van der Waals surface area contributed by atoms with Crippen LogP contribution in [0.25, 0.3) is 0 Å². The molecule has 5 nitrogen and oxygen atoms in total. The van der Waals surface area contributed by atoms with Gasteiger partial charge in [-0.2, -0.15) is 0 Å². The summed E-state index contributed by atoms with van der Waals surface area (Å²) in [6.45, 7) is 6.80. The first-order chi connectivity index (χ1) is 9.44. The molecule has 2 rings (SSSR count). The molecule has 1 amide bonds. The zero-order valence-electron chi connectivity index (χ0n) is 12.9. The van der Waals surface area contributed by atoms with Crippen molar-refractivity contribution in [2.75, 3.05) is 7.05 Å². The van der Waals surface area contributed by atoms with Crippen LogP contribution in [0.3, 0.4) is 0 Å². The molecule has 1 fully saturated rings. The molecule has 2 atom stereocenters. The quantitative estimate of drug-likeness (QED) is 0.884. The molecule has 1 aliphatic heterocycles. The molecule has 1 aromatic rings. The lowest BCUT2D eigenvalue weighted by Gasteiger charge is -2.31. The van der Waals surface area contributed by atoms with Crippen molar-refractivity contribution in [2.24, 2.45) is 5.41 Å². The van der Waals surface area contributed by atoms with Crippen LogP contribution < -0.4 is 10.6 Å². The summed E-state index contributed by atoms with van der Waals surface area (Å²) in [4.78, 5) is 16.2. The van der Waals surface area contributed by atoms with Gasteiger partial charge in [-0.15, -0.1) is 0 Å². The fraction of sp³-hybridized carbons (Fsp3) is 0.733. The second-order valence-corrected chi connectivity index (χ2v) is 6.46. The number of hydrogen-bond donors (Lipinski definition) is 2. The Morgan fingerprint density at radius 2 is 2.30 bits per heavy atom. The van der Waals surface area contributed by atoms with E-state index in [2.05, 4.69) is 27.1 Å². The number of nitrogens with one attached hydrogen (secondary N) is 2. The van der Waals surface area contributed by atoms with E-state index in [1.807, 2.05) is 26.4 Å². The molecule has 1 aliphatic rings. The van der Waals surface area contributed by atoms with Crippen molar-refractivity contribution in [3.8, 4) is 0 Å². The number of nitrogens with zero attached hydrogens (tertiary/aromatic N) is 2. The van der Waals surface area contributed by atoms with E-state index in [1.54, 1.807) is 7.05 Å². The number of imidazole rings is 1. The van der Waals surface area contributed by atoms with Crippen molar-refractivity contribution >= 4 is 5.91 Å². The first-order valence-corrected chi connectivity index (χ1v) is 7.42. The molecular weight excluding hydrogens is 252 g/mol. The summed E-state index contributed by atoms with van der Waals surface area (Å²) in [5.74, 6) is 0.0575. The molecule has 0 bridgehead atoms. The zero-order chi connectivity index (χ0) is 14.8. The van der Waals surface area contributed by atoms with Crippen LogP contribution in [0.4, 0.5) is 0 Å². The van der Waals surface area contributed by atoms with Gasteiger partial charge in [-0.3, -0.25) is 4.79 Å². The molecule has 2 N–H and O–H groups in total. The number of carbonyl (C=O) groups excluding carboxylic acids is 1. The molecule has 20 heavy (non-hydrogen) atoms. The van der Waals surface area contributed by atoms with Gasteiger partial charge in [-0.05, 0) is 40.0 Å². The molecule has 5 heteroatoms. The van der Waals surface area contributed by atoms with Crippen molar-refractivity contribution in [1.29, 1.82) is 0 Å². The Kier molecular flexibility index (Phi) is 4.48. The van der Waals surface area contributed by atoms with Crippen molar-refractivity contribution in [1.82, 2.24) is 20.2 Å². The summed E-state index contributed by atoms with van der Waals surface area (Å²) >= 11 is 0. The first kappa shape index (κ1) is 15.0. The van der Waals surface area contributed by atoms with Crippen LogP contribution in [-0.4, -0.2) is 28.5 Å². The van der Waals surface area contributed by atoms with Crippen LogP contribution in [0, 0.1) is 5.41 Å². The summed E-state index contributed by atoms with van der Waals surface area (Å²) in [5.41, 5.74) is 0.748. The number of aromatic nitrogens is 2. The maximum atomic E-state index is 11.9. The second kappa shape index (κ2) is 5.95. The molecule has 1 saturated heterocycles. The van der Waals surface area contributed by atoms with E-state index < -0.39 is 5.41 Å². The largest absolute Gasteiger partial charge is 0.359 e. The average molecular weight is 278 g/mol. The molecule has 2 heterocycles. The van der Waals surface area contributed by atoms with E-state index in [9.17, 15) is 4.79 Å². The van der Waals surface area contributed by atoms with Gasteiger partial charge in [0.2, 0.25) is 5.91 Å². The highest BCUT2D eigenvalue weighted by Crippen LogP contribution is 2.27. The van der Waals surface area contributed by atoms with E-state index in [0.29, 0.717) is 18.6 Å². The van der Waals surface area contributed by atoms with E-state index in [4.69, 9.17) is 0 Å². The third-order valence-corrected chi connectivity index (χ3v) is 4.12. The third kappa shape index (κ3) is 3.20. The molecule has 0 radical (unpaired) electrons. The minimum Gasteiger partial charge on any atom is -0.359 e. The number of carbonyl (C=O) groups is 1. The lowest BCUT2D eigenvalue weighted by atomic mass is 9.91. The van der Waals surface area contributed by atoms with Crippen LogP contribution in [0.5, 0.6) is 0 Å². The normalized spacial score (nSPS) is 23.6. The summed E-state index contributed by atoms with van der Waals surface area (Å²) in [7, 11) is 1.68. The molecule has 0 aliphatic carbocycles. The number of rotatable bonds is 4. The van der Waals surface area contributed by atoms with Gasteiger partial charge in [0.25, 0.3) is 0 Å². The van der Waals surface area contributed by atoms with Gasteiger partial charge in [0.15, 0.2) is 0 Å². The fourth-order valence-electron chi connectivity index (χ4n) is 2.96. The smallest absolute Gasteiger partial charge is 0.227 e. The maximum Gasteiger partial charge on any atom is 0.227 e. The van der Waals surface area contributed by atoms with Crippen LogP contribution in [0.15, 0.2) is 12.5 Å². The highest BCUT2D eigenvalue weighted by molar-refractivity contribution is 5.81. The Morgan fingerprint density at radius 1 is 1.55 bits per heavy atom. The maximum absolute atomic E-state index is 11.9. The summed E-state index contributed by atoms with van der Waals surface area (Å²) in [5, 5.41) is 6.36. The van der Waals surface area contributed by atoms with E-state index >= 15 is 0 Å². The average Bonchev–Trinajstić information content (AvgIpc) is 2.85. The Morgan fingerprint density at radius 3 is 2.95 bits per heavy atom. The van der Waals surface area contributed by atoms with E-state index in [-0.39, 0.29) is 5.91 Å². The first-order valence-electron chi connectivity index (χ1n) is 7.42. The van der Waals surface area contributed by atoms with Crippen molar-refractivity contribution < 1.29 is 4.79 Å². The van der Waals surface area contributed by atoms with E-state index in [1.165, 1.54) is 18.5 Å². The molecule has 0 spiro atoms. The van der Waals surface area contributed by atoms with Crippen molar-refractivity contribution in [3.05, 3.63) is 18.2 Å². The summed E-state index contributed by atoms with van der Waals surface area (Å²) < 4.78 is 2.12. The summed E-state index contributed by atoms with van der Waals surface area (Å²) in [6.07, 6.45) is 7.37. The lowest BCUT2D eigenvalue weighted by Crippen LogP contribution is -2.39. The van der Waals surface area contributed by atoms with Crippen LogP contribution in [-0.2, 0) is 11.3 Å². The molecule has 0 saturated carbocycles. The standard InChI is InChI=1S/C15H26N4O/c1-11-6-5-7-12(18-11)13-8-17-10-19(13)9-15(2,3)14(20)16-4/h8,10-12,18H,5-7,9H2,1-4H3,(H,16,20). The third-order valence-electron chi connectivity index (χ3n) is 4.12. The predicted octanol–water partition coefficient (Wildman–Crippen LogP) is 1.86. The topological polar surface area (TPSA) is 59.0 Å². The second-order valence-electron chi connectivity index (χ2n) is 6.46. The highest BCUT2D eigenvalue weighted by Gasteiger charge is 2.29. The fourth-order valence-corrected chi connectivity index (χ4v) is 2.96. The zero-order valence-corrected chi connectivity index (χ0v) is 12.9. The van der Waals surface area contributed by atoms with Gasteiger partial charge in [0, 0.05) is 31.9 Å². The van der Waals surface area contributed by atoms with Gasteiger partial charge < -0.3 is 15.2 Å². The molecule has 2 unspecified atom stereocenters. The van der Waals surface area contributed by atoms with Crippen LogP contribution in [0.2, 0.25) is 0 Å². The van der Waals surface area contributed by atoms with Gasteiger partial charge >= 0.3 is 0 Å².